The van der Waals surface area contributed by atoms with E-state index in [1.165, 1.54) is 11.3 Å². The molecular weight excluding hydrogens is 224 g/mol. The van der Waals surface area contributed by atoms with Gasteiger partial charge >= 0.3 is 0 Å². The lowest BCUT2D eigenvalue weighted by Gasteiger charge is -2.08. The Morgan fingerprint density at radius 3 is 2.89 bits per heavy atom. The van der Waals surface area contributed by atoms with Gasteiger partial charge in [0.15, 0.2) is 0 Å². The summed E-state index contributed by atoms with van der Waals surface area (Å²) in [5.74, 6) is 0. The SMILES string of the molecule is CCn1nc(C)cc1Cn1ccc(C(C)NC)c1. The van der Waals surface area contributed by atoms with E-state index in [1.54, 1.807) is 0 Å². The standard InChI is InChI=1S/C14H22N4/c1-5-18-14(8-11(2)16-18)10-17-7-6-13(9-17)12(3)15-4/h6-9,12,15H,5,10H2,1-4H3. The molecule has 0 spiro atoms. The quantitative estimate of drug-likeness (QED) is 0.879. The number of rotatable bonds is 5. The fourth-order valence-corrected chi connectivity index (χ4v) is 2.17. The van der Waals surface area contributed by atoms with Crippen LogP contribution in [0.2, 0.25) is 0 Å². The van der Waals surface area contributed by atoms with Gasteiger partial charge in [0.25, 0.3) is 0 Å². The van der Waals surface area contributed by atoms with Crippen LogP contribution in [-0.4, -0.2) is 21.4 Å². The second-order valence-electron chi connectivity index (χ2n) is 4.72. The Morgan fingerprint density at radius 1 is 1.44 bits per heavy atom. The first-order chi connectivity index (χ1) is 8.63. The van der Waals surface area contributed by atoms with Gasteiger partial charge in [0.2, 0.25) is 0 Å². The largest absolute Gasteiger partial charge is 0.348 e. The third-order valence-corrected chi connectivity index (χ3v) is 3.34. The van der Waals surface area contributed by atoms with Crippen molar-refractivity contribution in [3.63, 3.8) is 0 Å². The normalized spacial score (nSPS) is 12.9. The number of nitrogens with zero attached hydrogens (tertiary/aromatic N) is 3. The Hall–Kier alpha value is -1.55. The van der Waals surface area contributed by atoms with E-state index in [0.29, 0.717) is 6.04 Å². The summed E-state index contributed by atoms with van der Waals surface area (Å²) in [6.07, 6.45) is 4.33. The summed E-state index contributed by atoms with van der Waals surface area (Å²) in [5, 5.41) is 7.73. The summed E-state index contributed by atoms with van der Waals surface area (Å²) in [7, 11) is 1.98. The zero-order chi connectivity index (χ0) is 13.1. The van der Waals surface area contributed by atoms with Crippen molar-refractivity contribution < 1.29 is 0 Å². The van der Waals surface area contributed by atoms with Crippen molar-refractivity contribution in [2.24, 2.45) is 0 Å². The molecule has 4 heteroatoms. The number of aryl methyl sites for hydroxylation is 2. The van der Waals surface area contributed by atoms with Crippen molar-refractivity contribution in [3.8, 4) is 0 Å². The van der Waals surface area contributed by atoms with Crippen LogP contribution in [0.1, 0.15) is 36.8 Å². The minimum atomic E-state index is 0.393. The molecule has 2 aromatic rings. The van der Waals surface area contributed by atoms with E-state index in [4.69, 9.17) is 0 Å². The smallest absolute Gasteiger partial charge is 0.0639 e. The molecule has 0 amide bonds. The number of nitrogens with one attached hydrogen (secondary N) is 1. The molecular formula is C14H22N4. The van der Waals surface area contributed by atoms with Crippen LogP contribution in [0.5, 0.6) is 0 Å². The maximum absolute atomic E-state index is 4.47. The monoisotopic (exact) mass is 246 g/mol. The molecule has 18 heavy (non-hydrogen) atoms. The molecule has 2 heterocycles. The van der Waals surface area contributed by atoms with Gasteiger partial charge in [-0.3, -0.25) is 4.68 Å². The number of aromatic nitrogens is 3. The minimum Gasteiger partial charge on any atom is -0.348 e. The maximum atomic E-state index is 4.47. The lowest BCUT2D eigenvalue weighted by Crippen LogP contribution is -2.11. The van der Waals surface area contributed by atoms with E-state index in [1.807, 2.05) is 14.0 Å². The van der Waals surface area contributed by atoms with Gasteiger partial charge in [-0.15, -0.1) is 0 Å². The Labute approximate surface area is 109 Å². The molecule has 0 aliphatic rings. The topological polar surface area (TPSA) is 34.8 Å². The summed E-state index contributed by atoms with van der Waals surface area (Å²) in [6, 6.07) is 4.72. The molecule has 4 nitrogen and oxygen atoms in total. The van der Waals surface area contributed by atoms with Gasteiger partial charge in [-0.05, 0) is 45.5 Å². The second-order valence-corrected chi connectivity index (χ2v) is 4.72. The molecule has 1 atom stereocenters. The highest BCUT2D eigenvalue weighted by Crippen LogP contribution is 2.14. The van der Waals surface area contributed by atoms with E-state index < -0.39 is 0 Å². The van der Waals surface area contributed by atoms with Gasteiger partial charge < -0.3 is 9.88 Å². The van der Waals surface area contributed by atoms with Crippen molar-refractivity contribution in [3.05, 3.63) is 41.5 Å². The van der Waals surface area contributed by atoms with E-state index in [0.717, 1.165) is 18.8 Å². The molecule has 2 rings (SSSR count). The van der Waals surface area contributed by atoms with Crippen molar-refractivity contribution >= 4 is 0 Å². The minimum absolute atomic E-state index is 0.393. The van der Waals surface area contributed by atoms with Crippen LogP contribution in [0.3, 0.4) is 0 Å². The van der Waals surface area contributed by atoms with Gasteiger partial charge in [-0.25, -0.2) is 0 Å². The average molecular weight is 246 g/mol. The third-order valence-electron chi connectivity index (χ3n) is 3.34. The molecule has 2 aromatic heterocycles. The van der Waals surface area contributed by atoms with E-state index in [-0.39, 0.29) is 0 Å². The summed E-state index contributed by atoms with van der Waals surface area (Å²) < 4.78 is 4.28. The van der Waals surface area contributed by atoms with Crippen LogP contribution in [0.15, 0.2) is 24.5 Å². The highest BCUT2D eigenvalue weighted by atomic mass is 15.3. The lowest BCUT2D eigenvalue weighted by atomic mass is 10.2. The Kier molecular flexibility index (Phi) is 3.87. The highest BCUT2D eigenvalue weighted by molar-refractivity contribution is 5.17. The molecule has 1 unspecified atom stereocenters. The van der Waals surface area contributed by atoms with Crippen molar-refractivity contribution in [1.29, 1.82) is 0 Å². The molecule has 0 aliphatic heterocycles. The molecule has 0 aromatic carbocycles. The summed E-state index contributed by atoms with van der Waals surface area (Å²) >= 11 is 0. The van der Waals surface area contributed by atoms with Gasteiger partial charge in [-0.2, -0.15) is 5.10 Å². The second kappa shape index (κ2) is 5.40. The zero-order valence-corrected chi connectivity index (χ0v) is 11.6. The number of hydrogen-bond donors (Lipinski definition) is 1. The van der Waals surface area contributed by atoms with Crippen molar-refractivity contribution in [2.75, 3.05) is 7.05 Å². The first kappa shape index (κ1) is 12.9. The predicted molar refractivity (Wildman–Crippen MR) is 73.6 cm³/mol. The third kappa shape index (κ3) is 2.64. The van der Waals surface area contributed by atoms with Gasteiger partial charge in [-0.1, -0.05) is 0 Å². The van der Waals surface area contributed by atoms with Crippen LogP contribution in [0.4, 0.5) is 0 Å². The summed E-state index contributed by atoms with van der Waals surface area (Å²) in [5.41, 5.74) is 3.66. The van der Waals surface area contributed by atoms with Crippen LogP contribution in [0, 0.1) is 6.92 Å². The van der Waals surface area contributed by atoms with E-state index in [2.05, 4.69) is 58.0 Å². The molecule has 98 valence electrons. The highest BCUT2D eigenvalue weighted by Gasteiger charge is 2.07. The summed E-state index contributed by atoms with van der Waals surface area (Å²) in [4.78, 5) is 0. The van der Waals surface area contributed by atoms with E-state index >= 15 is 0 Å². The lowest BCUT2D eigenvalue weighted by molar-refractivity contribution is 0.596. The average Bonchev–Trinajstić information content (AvgIpc) is 2.95. The number of hydrogen-bond acceptors (Lipinski definition) is 2. The summed E-state index contributed by atoms with van der Waals surface area (Å²) in [6.45, 7) is 8.13. The van der Waals surface area contributed by atoms with Gasteiger partial charge in [0.05, 0.1) is 17.9 Å². The fraction of sp³-hybridized carbons (Fsp3) is 0.500. The fourth-order valence-electron chi connectivity index (χ4n) is 2.17. The van der Waals surface area contributed by atoms with Crippen LogP contribution < -0.4 is 5.32 Å². The van der Waals surface area contributed by atoms with Gasteiger partial charge in [0.1, 0.15) is 0 Å². The molecule has 0 fully saturated rings. The molecule has 0 radical (unpaired) electrons. The zero-order valence-electron chi connectivity index (χ0n) is 11.6. The van der Waals surface area contributed by atoms with Crippen molar-refractivity contribution in [1.82, 2.24) is 19.7 Å². The van der Waals surface area contributed by atoms with Crippen LogP contribution in [0.25, 0.3) is 0 Å². The Morgan fingerprint density at radius 2 is 2.22 bits per heavy atom. The molecule has 0 aliphatic carbocycles. The molecule has 0 saturated carbocycles. The van der Waals surface area contributed by atoms with E-state index in [9.17, 15) is 0 Å². The van der Waals surface area contributed by atoms with Gasteiger partial charge in [0, 0.05) is 25.0 Å². The first-order valence-corrected chi connectivity index (χ1v) is 6.50. The van der Waals surface area contributed by atoms with Crippen LogP contribution >= 0.6 is 0 Å². The molecule has 0 saturated heterocycles. The Bertz CT molecular complexity index is 510. The Balaban J connectivity index is 2.15. The predicted octanol–water partition coefficient (Wildman–Crippen LogP) is 2.34. The van der Waals surface area contributed by atoms with Crippen LogP contribution in [-0.2, 0) is 13.1 Å². The van der Waals surface area contributed by atoms with Crippen molar-refractivity contribution in [2.45, 2.75) is 39.9 Å². The molecule has 1 N–H and O–H groups in total. The first-order valence-electron chi connectivity index (χ1n) is 6.50. The maximum Gasteiger partial charge on any atom is 0.0639 e. The molecule has 0 bridgehead atoms.